The number of fused-ring (bicyclic) bond motifs is 9. The molecule has 0 amide bonds. The summed E-state index contributed by atoms with van der Waals surface area (Å²) in [5.74, 6) is 1.76. The van der Waals surface area contributed by atoms with E-state index in [1.807, 2.05) is 48.5 Å². The van der Waals surface area contributed by atoms with Crippen LogP contribution in [0.5, 0.6) is 0 Å². The molecule has 242 valence electrons. The molecule has 11 rings (SSSR count). The summed E-state index contributed by atoms with van der Waals surface area (Å²) >= 11 is 0. The fourth-order valence-electron chi connectivity index (χ4n) is 7.72. The average Bonchev–Trinajstić information content (AvgIpc) is 3.79. The van der Waals surface area contributed by atoms with E-state index in [1.165, 1.54) is 0 Å². The van der Waals surface area contributed by atoms with Gasteiger partial charge in [0.2, 0.25) is 0 Å². The van der Waals surface area contributed by atoms with Crippen LogP contribution in [0.15, 0.2) is 173 Å². The van der Waals surface area contributed by atoms with Gasteiger partial charge in [-0.05, 0) is 57.6 Å². The number of nitrogens with zero attached hydrogens (tertiary/aromatic N) is 3. The van der Waals surface area contributed by atoms with Gasteiger partial charge in [-0.2, -0.15) is 0 Å². The third-order valence-corrected chi connectivity index (χ3v) is 10.1. The van der Waals surface area contributed by atoms with Crippen molar-refractivity contribution >= 4 is 65.4 Å². The van der Waals surface area contributed by atoms with Crippen molar-refractivity contribution in [3.63, 3.8) is 0 Å². The van der Waals surface area contributed by atoms with Gasteiger partial charge in [-0.3, -0.25) is 0 Å². The van der Waals surface area contributed by atoms with E-state index < -0.39 is 0 Å². The van der Waals surface area contributed by atoms with Crippen LogP contribution in [0.3, 0.4) is 0 Å². The van der Waals surface area contributed by atoms with Crippen LogP contribution in [0.1, 0.15) is 0 Å². The van der Waals surface area contributed by atoms with Crippen LogP contribution >= 0.6 is 0 Å². The first-order valence-electron chi connectivity index (χ1n) is 17.4. The Hall–Kier alpha value is -7.11. The van der Waals surface area contributed by atoms with Crippen molar-refractivity contribution in [3.8, 4) is 45.3 Å². The Morgan fingerprint density at radius 1 is 0.327 bits per heavy atom. The lowest BCUT2D eigenvalue weighted by molar-refractivity contribution is 0.669. The molecule has 0 spiro atoms. The highest BCUT2D eigenvalue weighted by molar-refractivity contribution is 6.22. The van der Waals surface area contributed by atoms with Crippen molar-refractivity contribution < 1.29 is 8.83 Å². The van der Waals surface area contributed by atoms with Gasteiger partial charge in [0.05, 0.1) is 0 Å². The monoisotopic (exact) mass is 665 g/mol. The first-order valence-corrected chi connectivity index (χ1v) is 17.4. The number of rotatable bonds is 4. The summed E-state index contributed by atoms with van der Waals surface area (Å²) in [5.41, 5.74) is 8.20. The second-order valence-electron chi connectivity index (χ2n) is 13.1. The van der Waals surface area contributed by atoms with Gasteiger partial charge in [-0.15, -0.1) is 0 Å². The van der Waals surface area contributed by atoms with Crippen LogP contribution < -0.4 is 0 Å². The molecular weight excluding hydrogens is 639 g/mol. The molecule has 0 aliphatic heterocycles. The van der Waals surface area contributed by atoms with Gasteiger partial charge in [0.1, 0.15) is 22.3 Å². The minimum atomic E-state index is 0.579. The minimum Gasteiger partial charge on any atom is -0.456 e. The molecule has 8 aromatic carbocycles. The summed E-state index contributed by atoms with van der Waals surface area (Å²) in [4.78, 5) is 15.8. The topological polar surface area (TPSA) is 65.0 Å². The summed E-state index contributed by atoms with van der Waals surface area (Å²) in [6.07, 6.45) is 0. The molecule has 5 heteroatoms. The first kappa shape index (κ1) is 28.7. The summed E-state index contributed by atoms with van der Waals surface area (Å²) in [6, 6.07) is 56.2. The van der Waals surface area contributed by atoms with Crippen LogP contribution in [0, 0.1) is 0 Å². The zero-order valence-corrected chi connectivity index (χ0v) is 27.7. The Morgan fingerprint density at radius 3 is 1.83 bits per heavy atom. The normalized spacial score (nSPS) is 11.8. The number of hydrogen-bond acceptors (Lipinski definition) is 5. The van der Waals surface area contributed by atoms with E-state index in [4.69, 9.17) is 23.8 Å². The summed E-state index contributed by atoms with van der Waals surface area (Å²) < 4.78 is 13.0. The van der Waals surface area contributed by atoms with E-state index in [0.29, 0.717) is 17.5 Å². The smallest absolute Gasteiger partial charge is 0.164 e. The fraction of sp³-hybridized carbons (Fsp3) is 0. The molecule has 5 nitrogen and oxygen atoms in total. The molecular formula is C47H27N3O2. The van der Waals surface area contributed by atoms with Gasteiger partial charge in [-0.1, -0.05) is 133 Å². The molecule has 0 aliphatic carbocycles. The maximum Gasteiger partial charge on any atom is 0.164 e. The molecule has 11 aromatic rings. The van der Waals surface area contributed by atoms with Gasteiger partial charge in [-0.25, -0.2) is 15.0 Å². The molecule has 3 heterocycles. The van der Waals surface area contributed by atoms with Gasteiger partial charge in [0, 0.05) is 43.6 Å². The maximum absolute atomic E-state index is 6.66. The third-order valence-electron chi connectivity index (χ3n) is 10.1. The highest BCUT2D eigenvalue weighted by Gasteiger charge is 2.22. The molecule has 0 fully saturated rings. The van der Waals surface area contributed by atoms with Crippen LogP contribution in [0.25, 0.3) is 111 Å². The molecule has 0 aliphatic rings. The molecule has 0 N–H and O–H groups in total. The number of para-hydroxylation sites is 2. The summed E-state index contributed by atoms with van der Waals surface area (Å²) in [5, 5.41) is 8.36. The van der Waals surface area contributed by atoms with Crippen LogP contribution in [-0.4, -0.2) is 15.0 Å². The standard InChI is InChI=1S/C47H27N3O2/c1-2-13-29(14-3-1)32-18-10-19-34-38(27-37-33-16-6-8-21-39(33)52-44(37)43(32)34)47-49-45(31-25-24-28-12-4-5-15-30(28)26-31)48-46(50-47)36-20-11-23-41-42(36)35-17-7-9-22-40(35)51-41/h1-27H. The van der Waals surface area contributed by atoms with Gasteiger partial charge in [0.15, 0.2) is 17.5 Å². The Morgan fingerprint density at radius 2 is 0.962 bits per heavy atom. The molecule has 0 radical (unpaired) electrons. The molecule has 0 bridgehead atoms. The van der Waals surface area contributed by atoms with E-state index in [2.05, 4.69) is 115 Å². The molecule has 0 unspecified atom stereocenters. The second kappa shape index (κ2) is 11.2. The van der Waals surface area contributed by atoms with Crippen molar-refractivity contribution in [2.75, 3.05) is 0 Å². The Kier molecular flexibility index (Phi) is 6.18. The predicted molar refractivity (Wildman–Crippen MR) is 211 cm³/mol. The van der Waals surface area contributed by atoms with Crippen molar-refractivity contribution in [1.82, 2.24) is 15.0 Å². The Labute approximate surface area is 297 Å². The third kappa shape index (κ3) is 4.39. The van der Waals surface area contributed by atoms with E-state index in [0.717, 1.165) is 93.2 Å². The van der Waals surface area contributed by atoms with Crippen LogP contribution in [-0.2, 0) is 0 Å². The lowest BCUT2D eigenvalue weighted by atomic mass is 9.93. The summed E-state index contributed by atoms with van der Waals surface area (Å²) in [6.45, 7) is 0. The van der Waals surface area contributed by atoms with Crippen molar-refractivity contribution in [2.24, 2.45) is 0 Å². The van der Waals surface area contributed by atoms with E-state index in [9.17, 15) is 0 Å². The highest BCUT2D eigenvalue weighted by Crippen LogP contribution is 2.44. The summed E-state index contributed by atoms with van der Waals surface area (Å²) in [7, 11) is 0. The van der Waals surface area contributed by atoms with E-state index in [-0.39, 0.29) is 0 Å². The Balaban J connectivity index is 1.26. The zero-order valence-electron chi connectivity index (χ0n) is 27.7. The van der Waals surface area contributed by atoms with Gasteiger partial charge >= 0.3 is 0 Å². The van der Waals surface area contributed by atoms with Crippen molar-refractivity contribution in [2.45, 2.75) is 0 Å². The predicted octanol–water partition coefficient (Wildman–Crippen LogP) is 12.6. The number of aromatic nitrogens is 3. The maximum atomic E-state index is 6.66. The Bertz CT molecular complexity index is 3190. The van der Waals surface area contributed by atoms with Crippen molar-refractivity contribution in [1.29, 1.82) is 0 Å². The SMILES string of the molecule is c1ccc(-c2cccc3c(-c4nc(-c5ccc6ccccc6c5)nc(-c5cccc6oc7ccccc7c56)n4)cc4c5ccccc5oc4c23)cc1. The molecule has 52 heavy (non-hydrogen) atoms. The molecule has 0 saturated heterocycles. The first-order chi connectivity index (χ1) is 25.8. The quantitative estimate of drug-likeness (QED) is 0.187. The number of furan rings is 2. The van der Waals surface area contributed by atoms with E-state index in [1.54, 1.807) is 0 Å². The highest BCUT2D eigenvalue weighted by atomic mass is 16.3. The lowest BCUT2D eigenvalue weighted by Gasteiger charge is -2.14. The minimum absolute atomic E-state index is 0.579. The van der Waals surface area contributed by atoms with Crippen LogP contribution in [0.4, 0.5) is 0 Å². The van der Waals surface area contributed by atoms with Gasteiger partial charge in [0.25, 0.3) is 0 Å². The van der Waals surface area contributed by atoms with Crippen molar-refractivity contribution in [3.05, 3.63) is 164 Å². The largest absolute Gasteiger partial charge is 0.456 e. The fourth-order valence-corrected chi connectivity index (χ4v) is 7.72. The van der Waals surface area contributed by atoms with E-state index >= 15 is 0 Å². The average molecular weight is 666 g/mol. The van der Waals surface area contributed by atoms with Crippen LogP contribution in [0.2, 0.25) is 0 Å². The zero-order chi connectivity index (χ0) is 34.2. The molecule has 0 atom stereocenters. The number of hydrogen-bond donors (Lipinski definition) is 0. The number of benzene rings is 8. The molecule has 3 aromatic heterocycles. The second-order valence-corrected chi connectivity index (χ2v) is 13.1. The van der Waals surface area contributed by atoms with Gasteiger partial charge < -0.3 is 8.83 Å². The lowest BCUT2D eigenvalue weighted by Crippen LogP contribution is -2.01. The molecule has 0 saturated carbocycles.